The van der Waals surface area contributed by atoms with E-state index in [-0.39, 0.29) is 42.4 Å². The molecule has 4 rings (SSSR count). The molecule has 3 amide bonds. The van der Waals surface area contributed by atoms with Crippen LogP contribution in [-0.2, 0) is 20.9 Å². The van der Waals surface area contributed by atoms with E-state index in [4.69, 9.17) is 0 Å². The topological polar surface area (TPSA) is 112 Å². The van der Waals surface area contributed by atoms with Crippen molar-refractivity contribution in [2.24, 2.45) is 0 Å². The zero-order chi connectivity index (χ0) is 21.6. The minimum Gasteiger partial charge on any atom is -0.351 e. The van der Waals surface area contributed by atoms with E-state index in [0.29, 0.717) is 11.7 Å². The molecule has 8 nitrogen and oxygen atoms in total. The van der Waals surface area contributed by atoms with E-state index < -0.39 is 5.50 Å². The third-order valence-electron chi connectivity index (χ3n) is 4.50. The maximum atomic E-state index is 12.3. The maximum Gasteiger partial charge on any atom is 0.236 e. The zero-order valence-corrected chi connectivity index (χ0v) is 18.9. The van der Waals surface area contributed by atoms with Crippen LogP contribution in [0.3, 0.4) is 0 Å². The molecule has 2 unspecified atom stereocenters. The minimum absolute atomic E-state index is 0.113. The number of nitrogens with zero attached hydrogens (tertiary/aromatic N) is 1. The van der Waals surface area contributed by atoms with Gasteiger partial charge in [-0.05, 0) is 23.6 Å². The van der Waals surface area contributed by atoms with Crippen molar-refractivity contribution < 1.29 is 14.4 Å². The quantitative estimate of drug-likeness (QED) is 0.398. The fourth-order valence-electron chi connectivity index (χ4n) is 3.10. The summed E-state index contributed by atoms with van der Waals surface area (Å²) in [5.74, 6) is -0.307. The van der Waals surface area contributed by atoms with Crippen LogP contribution in [-0.4, -0.2) is 40.0 Å². The molecule has 0 spiro atoms. The van der Waals surface area contributed by atoms with Gasteiger partial charge in [-0.25, -0.2) is 4.98 Å². The number of thiazole rings is 1. The van der Waals surface area contributed by atoms with Crippen molar-refractivity contribution in [2.75, 3.05) is 11.1 Å². The second-order valence-electron chi connectivity index (χ2n) is 6.92. The van der Waals surface area contributed by atoms with Crippen LogP contribution in [0, 0.1) is 0 Å². The maximum absolute atomic E-state index is 12.3. The molecule has 3 aromatic rings. The average molecular weight is 476 g/mol. The zero-order valence-electron chi connectivity index (χ0n) is 16.4. The first-order valence-corrected chi connectivity index (χ1v) is 12.4. The van der Waals surface area contributed by atoms with Gasteiger partial charge in [0.15, 0.2) is 5.13 Å². The Hall–Kier alpha value is -2.47. The summed E-state index contributed by atoms with van der Waals surface area (Å²) in [6, 6.07) is 11.3. The first-order chi connectivity index (χ1) is 15.0. The number of amides is 3. The summed E-state index contributed by atoms with van der Waals surface area (Å²) in [5, 5.41) is 14.2. The molecule has 162 valence electrons. The summed E-state index contributed by atoms with van der Waals surface area (Å²) in [6.07, 6.45) is 0.426. The molecule has 2 atom stereocenters. The number of para-hydroxylation sites is 1. The van der Waals surface area contributed by atoms with Gasteiger partial charge in [0.2, 0.25) is 17.7 Å². The number of thioether (sulfide) groups is 1. The SMILES string of the molecule is O=C(CC1CC(=O)NC(SCC(=O)Nc2nc3ccccc3s2)N1)NCc1cccs1. The van der Waals surface area contributed by atoms with Gasteiger partial charge in [-0.2, -0.15) is 0 Å². The molecule has 0 aliphatic carbocycles. The number of rotatable bonds is 8. The Bertz CT molecular complexity index is 1040. The molecule has 3 heterocycles. The highest BCUT2D eigenvalue weighted by Crippen LogP contribution is 2.25. The standard InChI is InChI=1S/C20H21N5O3S3/c26-16(21-10-13-4-3-7-29-13)8-12-9-17(27)24-19(22-12)30-11-18(28)25-20-23-14-5-1-2-6-15(14)31-20/h1-7,12,19,22H,8-11H2,(H,21,26)(H,24,27)(H,23,25,28). The predicted octanol–water partition coefficient (Wildman–Crippen LogP) is 2.50. The molecule has 1 aliphatic heterocycles. The van der Waals surface area contributed by atoms with Crippen LogP contribution in [0.2, 0.25) is 0 Å². The molecular formula is C20H21N5O3S3. The first-order valence-electron chi connectivity index (χ1n) is 9.67. The number of thiophene rings is 1. The van der Waals surface area contributed by atoms with E-state index in [1.165, 1.54) is 23.1 Å². The smallest absolute Gasteiger partial charge is 0.236 e. The fraction of sp³-hybridized carbons (Fsp3) is 0.300. The molecule has 1 fully saturated rings. The first kappa shape index (κ1) is 21.8. The van der Waals surface area contributed by atoms with Crippen molar-refractivity contribution in [3.63, 3.8) is 0 Å². The van der Waals surface area contributed by atoms with Gasteiger partial charge in [0.05, 0.1) is 22.5 Å². The largest absolute Gasteiger partial charge is 0.351 e. The van der Waals surface area contributed by atoms with Gasteiger partial charge in [0, 0.05) is 23.8 Å². The number of hydrogen-bond donors (Lipinski definition) is 4. The lowest BCUT2D eigenvalue weighted by atomic mass is 10.1. The van der Waals surface area contributed by atoms with Gasteiger partial charge in [0.25, 0.3) is 0 Å². The Kier molecular flexibility index (Phi) is 7.17. The Balaban J connectivity index is 1.22. The van der Waals surface area contributed by atoms with Crippen LogP contribution >= 0.6 is 34.4 Å². The molecule has 1 aromatic carbocycles. The van der Waals surface area contributed by atoms with Gasteiger partial charge in [-0.1, -0.05) is 29.5 Å². The Morgan fingerprint density at radius 1 is 1.19 bits per heavy atom. The summed E-state index contributed by atoms with van der Waals surface area (Å²) in [7, 11) is 0. The molecular weight excluding hydrogens is 454 g/mol. The van der Waals surface area contributed by atoms with E-state index in [1.54, 1.807) is 11.3 Å². The van der Waals surface area contributed by atoms with Gasteiger partial charge in [-0.15, -0.1) is 23.1 Å². The van der Waals surface area contributed by atoms with Crippen molar-refractivity contribution in [3.8, 4) is 0 Å². The number of benzene rings is 1. The number of carbonyl (C=O) groups is 3. The summed E-state index contributed by atoms with van der Waals surface area (Å²) in [4.78, 5) is 42.0. The lowest BCUT2D eigenvalue weighted by Crippen LogP contribution is -2.56. The average Bonchev–Trinajstić information content (AvgIpc) is 3.39. The van der Waals surface area contributed by atoms with Gasteiger partial charge >= 0.3 is 0 Å². The number of carbonyl (C=O) groups excluding carboxylic acids is 3. The van der Waals surface area contributed by atoms with Crippen LogP contribution < -0.4 is 21.3 Å². The normalized spacial score (nSPS) is 18.5. The minimum atomic E-state index is -0.433. The molecule has 0 saturated carbocycles. The molecule has 0 radical (unpaired) electrons. The van der Waals surface area contributed by atoms with Gasteiger partial charge < -0.3 is 16.0 Å². The van der Waals surface area contributed by atoms with Crippen LogP contribution in [0.1, 0.15) is 17.7 Å². The van der Waals surface area contributed by atoms with Crippen molar-refractivity contribution in [1.29, 1.82) is 0 Å². The van der Waals surface area contributed by atoms with Gasteiger partial charge in [0.1, 0.15) is 5.50 Å². The third-order valence-corrected chi connectivity index (χ3v) is 7.35. The van der Waals surface area contributed by atoms with Gasteiger partial charge in [-0.3, -0.25) is 19.7 Å². The van der Waals surface area contributed by atoms with Crippen molar-refractivity contribution >= 4 is 67.5 Å². The summed E-state index contributed by atoms with van der Waals surface area (Å²) >= 11 is 4.27. The third kappa shape index (κ3) is 6.26. The highest BCUT2D eigenvalue weighted by Gasteiger charge is 2.28. The van der Waals surface area contributed by atoms with Crippen LogP contribution in [0.15, 0.2) is 41.8 Å². The molecule has 4 N–H and O–H groups in total. The number of fused-ring (bicyclic) bond motifs is 1. The second-order valence-corrected chi connectivity index (χ2v) is 10.1. The second kappa shape index (κ2) is 10.2. The van der Waals surface area contributed by atoms with Crippen LogP contribution in [0.4, 0.5) is 5.13 Å². The Morgan fingerprint density at radius 3 is 2.87 bits per heavy atom. The lowest BCUT2D eigenvalue weighted by Gasteiger charge is -2.30. The van der Waals surface area contributed by atoms with Crippen LogP contribution in [0.25, 0.3) is 10.2 Å². The molecule has 1 saturated heterocycles. The van der Waals surface area contributed by atoms with E-state index >= 15 is 0 Å². The highest BCUT2D eigenvalue weighted by atomic mass is 32.2. The number of anilines is 1. The Labute approximate surface area is 191 Å². The molecule has 2 aromatic heterocycles. The molecule has 11 heteroatoms. The molecule has 31 heavy (non-hydrogen) atoms. The monoisotopic (exact) mass is 475 g/mol. The number of aromatic nitrogens is 1. The van der Waals surface area contributed by atoms with E-state index in [9.17, 15) is 14.4 Å². The summed E-state index contributed by atoms with van der Waals surface area (Å²) in [6.45, 7) is 0.486. The fourth-order valence-corrected chi connectivity index (χ4v) is 5.52. The summed E-state index contributed by atoms with van der Waals surface area (Å²) in [5.41, 5.74) is 0.411. The Morgan fingerprint density at radius 2 is 2.06 bits per heavy atom. The molecule has 1 aliphatic rings. The van der Waals surface area contributed by atoms with Crippen molar-refractivity contribution in [1.82, 2.24) is 20.9 Å². The predicted molar refractivity (Wildman–Crippen MR) is 125 cm³/mol. The van der Waals surface area contributed by atoms with Crippen molar-refractivity contribution in [3.05, 3.63) is 46.7 Å². The lowest BCUT2D eigenvalue weighted by molar-refractivity contribution is -0.125. The summed E-state index contributed by atoms with van der Waals surface area (Å²) < 4.78 is 1.01. The van der Waals surface area contributed by atoms with Crippen molar-refractivity contribution in [2.45, 2.75) is 30.9 Å². The van der Waals surface area contributed by atoms with E-state index in [1.807, 2.05) is 41.8 Å². The van der Waals surface area contributed by atoms with E-state index in [2.05, 4.69) is 26.3 Å². The highest BCUT2D eigenvalue weighted by molar-refractivity contribution is 8.00. The number of hydrogen-bond acceptors (Lipinski definition) is 8. The number of nitrogens with one attached hydrogen (secondary N) is 4. The molecule has 0 bridgehead atoms. The van der Waals surface area contributed by atoms with E-state index in [0.717, 1.165) is 15.1 Å². The van der Waals surface area contributed by atoms with Crippen LogP contribution in [0.5, 0.6) is 0 Å².